The minimum absolute atomic E-state index is 0.362. The molecule has 0 heterocycles. The number of aliphatic hydroxyl groups is 1. The van der Waals surface area contributed by atoms with Crippen molar-refractivity contribution in [3.63, 3.8) is 0 Å². The largest absolute Gasteiger partial charge is 0.466 e. The zero-order valence-electron chi connectivity index (χ0n) is 16.8. The zero-order chi connectivity index (χ0) is 19.0. The highest BCUT2D eigenvalue weighted by Gasteiger charge is 1.90. The molecular weight excluding hydrogens is 312 g/mol. The number of carbonyl (C=O) groups is 1. The summed E-state index contributed by atoms with van der Waals surface area (Å²) in [5.41, 5.74) is 0. The van der Waals surface area contributed by atoms with E-state index in [-0.39, 0.29) is 0 Å². The molecule has 0 saturated carbocycles. The Bertz CT molecular complexity index is 298. The summed E-state index contributed by atoms with van der Waals surface area (Å²) < 4.78 is 4.14. The number of rotatable bonds is 16. The molecule has 0 rings (SSSR count). The van der Waals surface area contributed by atoms with Crippen LogP contribution in [0.25, 0.3) is 0 Å². The van der Waals surface area contributed by atoms with Crippen LogP contribution in [0, 0.1) is 0 Å². The van der Waals surface area contributed by atoms with E-state index < -0.39 is 5.97 Å². The Morgan fingerprint density at radius 2 is 1.28 bits per heavy atom. The van der Waals surface area contributed by atoms with Gasteiger partial charge in [-0.1, -0.05) is 83.4 Å². The lowest BCUT2D eigenvalue weighted by Crippen LogP contribution is -1.91. The summed E-state index contributed by atoms with van der Waals surface area (Å²) >= 11 is 0. The van der Waals surface area contributed by atoms with Crippen LogP contribution in [0.2, 0.25) is 0 Å². The number of hydrogen-bond donors (Lipinski definition) is 1. The van der Waals surface area contributed by atoms with Crippen LogP contribution >= 0.6 is 0 Å². The SMILES string of the molecule is C=CC(=O)OC.CCCCCCCC/C=C\CCCCCCCCO. The molecule has 0 bridgehead atoms. The summed E-state index contributed by atoms with van der Waals surface area (Å²) in [5, 5.41) is 8.66. The number of esters is 1. The van der Waals surface area contributed by atoms with Gasteiger partial charge < -0.3 is 9.84 Å². The fourth-order valence-corrected chi connectivity index (χ4v) is 2.44. The summed E-state index contributed by atoms with van der Waals surface area (Å²) in [6, 6.07) is 0. The van der Waals surface area contributed by atoms with E-state index >= 15 is 0 Å². The zero-order valence-corrected chi connectivity index (χ0v) is 16.8. The van der Waals surface area contributed by atoms with Gasteiger partial charge in [0.25, 0.3) is 0 Å². The summed E-state index contributed by atoms with van der Waals surface area (Å²) in [4.78, 5) is 9.84. The third kappa shape index (κ3) is 28.0. The molecule has 3 nitrogen and oxygen atoms in total. The van der Waals surface area contributed by atoms with Gasteiger partial charge >= 0.3 is 5.97 Å². The van der Waals surface area contributed by atoms with E-state index in [0.717, 1.165) is 12.5 Å². The minimum Gasteiger partial charge on any atom is -0.466 e. The Hall–Kier alpha value is -1.09. The lowest BCUT2D eigenvalue weighted by atomic mass is 10.1. The van der Waals surface area contributed by atoms with Crippen molar-refractivity contribution < 1.29 is 14.6 Å². The first-order chi connectivity index (χ1) is 12.2. The molecule has 0 fully saturated rings. The molecule has 0 atom stereocenters. The Labute approximate surface area is 156 Å². The van der Waals surface area contributed by atoms with Crippen LogP contribution in [0.3, 0.4) is 0 Å². The summed E-state index contributed by atoms with van der Waals surface area (Å²) in [5.74, 6) is -0.394. The molecular formula is C22H42O3. The molecule has 25 heavy (non-hydrogen) atoms. The van der Waals surface area contributed by atoms with Gasteiger partial charge in [0.05, 0.1) is 7.11 Å². The van der Waals surface area contributed by atoms with Gasteiger partial charge in [-0.05, 0) is 32.1 Å². The van der Waals surface area contributed by atoms with Gasteiger partial charge in [-0.25, -0.2) is 4.79 Å². The van der Waals surface area contributed by atoms with Crippen LogP contribution in [0.5, 0.6) is 0 Å². The molecule has 0 aromatic rings. The molecule has 0 aliphatic carbocycles. The number of allylic oxidation sites excluding steroid dienone is 2. The van der Waals surface area contributed by atoms with Gasteiger partial charge in [-0.2, -0.15) is 0 Å². The van der Waals surface area contributed by atoms with Gasteiger partial charge in [0.2, 0.25) is 0 Å². The summed E-state index contributed by atoms with van der Waals surface area (Å²) in [6.45, 7) is 5.79. The second-order valence-electron chi connectivity index (χ2n) is 6.39. The van der Waals surface area contributed by atoms with Crippen LogP contribution in [-0.4, -0.2) is 24.8 Å². The number of hydrogen-bond acceptors (Lipinski definition) is 3. The molecule has 0 aliphatic heterocycles. The fraction of sp³-hybridized carbons (Fsp3) is 0.773. The fourth-order valence-electron chi connectivity index (χ4n) is 2.44. The highest BCUT2D eigenvalue weighted by molar-refractivity contribution is 5.80. The Balaban J connectivity index is 0. The number of unbranched alkanes of at least 4 members (excludes halogenated alkanes) is 12. The first kappa shape index (κ1) is 26.1. The van der Waals surface area contributed by atoms with Gasteiger partial charge in [-0.15, -0.1) is 0 Å². The predicted molar refractivity (Wildman–Crippen MR) is 109 cm³/mol. The first-order valence-electron chi connectivity index (χ1n) is 10.2. The van der Waals surface area contributed by atoms with E-state index in [1.807, 2.05) is 0 Å². The average Bonchev–Trinajstić information content (AvgIpc) is 2.64. The van der Waals surface area contributed by atoms with Crippen molar-refractivity contribution in [2.75, 3.05) is 13.7 Å². The van der Waals surface area contributed by atoms with Crippen LogP contribution in [0.1, 0.15) is 96.8 Å². The Kier molecular flexibility index (Phi) is 26.3. The van der Waals surface area contributed by atoms with E-state index in [9.17, 15) is 4.79 Å². The number of ether oxygens (including phenoxy) is 1. The molecule has 0 amide bonds. The normalized spacial score (nSPS) is 10.4. The second-order valence-corrected chi connectivity index (χ2v) is 6.39. The maximum absolute atomic E-state index is 9.84. The number of carbonyl (C=O) groups excluding carboxylic acids is 1. The van der Waals surface area contributed by atoms with Crippen LogP contribution in [0.4, 0.5) is 0 Å². The third-order valence-electron chi connectivity index (χ3n) is 4.04. The monoisotopic (exact) mass is 354 g/mol. The first-order valence-corrected chi connectivity index (χ1v) is 10.2. The molecule has 0 aromatic carbocycles. The number of aliphatic hydroxyl groups excluding tert-OH is 1. The highest BCUT2D eigenvalue weighted by atomic mass is 16.5. The molecule has 148 valence electrons. The summed E-state index contributed by atoms with van der Waals surface area (Å²) in [7, 11) is 1.31. The standard InChI is InChI=1S/C18H36O.C4H6O2/c1-2-3-4-5-6-7-8-9-10-11-12-13-14-15-16-17-18-19;1-3-4(5)6-2/h9-10,19H,2-8,11-18H2,1H3;3H,1H2,2H3/b10-9-;. The Morgan fingerprint density at radius 1 is 0.840 bits per heavy atom. The highest BCUT2D eigenvalue weighted by Crippen LogP contribution is 2.09. The van der Waals surface area contributed by atoms with Gasteiger partial charge in [0.1, 0.15) is 0 Å². The molecule has 3 heteroatoms. The minimum atomic E-state index is -0.394. The van der Waals surface area contributed by atoms with Gasteiger partial charge in [-0.3, -0.25) is 0 Å². The topological polar surface area (TPSA) is 46.5 Å². The molecule has 0 radical (unpaired) electrons. The predicted octanol–water partition coefficient (Wildman–Crippen LogP) is 6.36. The van der Waals surface area contributed by atoms with Gasteiger partial charge in [0, 0.05) is 12.7 Å². The maximum atomic E-state index is 9.84. The molecule has 0 unspecified atom stereocenters. The second kappa shape index (κ2) is 25.2. The van der Waals surface area contributed by atoms with Crippen LogP contribution in [-0.2, 0) is 9.53 Å². The van der Waals surface area contributed by atoms with Crippen molar-refractivity contribution >= 4 is 5.97 Å². The van der Waals surface area contributed by atoms with E-state index in [1.165, 1.54) is 90.6 Å². The van der Waals surface area contributed by atoms with Crippen molar-refractivity contribution in [1.82, 2.24) is 0 Å². The van der Waals surface area contributed by atoms with Crippen molar-refractivity contribution in [3.05, 3.63) is 24.8 Å². The summed E-state index contributed by atoms with van der Waals surface area (Å²) in [6.07, 6.45) is 24.3. The van der Waals surface area contributed by atoms with E-state index in [1.54, 1.807) is 0 Å². The smallest absolute Gasteiger partial charge is 0.329 e. The Morgan fingerprint density at radius 3 is 1.64 bits per heavy atom. The van der Waals surface area contributed by atoms with E-state index in [4.69, 9.17) is 5.11 Å². The van der Waals surface area contributed by atoms with Crippen molar-refractivity contribution in [3.8, 4) is 0 Å². The maximum Gasteiger partial charge on any atom is 0.329 e. The quantitative estimate of drug-likeness (QED) is 0.152. The third-order valence-corrected chi connectivity index (χ3v) is 4.04. The molecule has 0 aliphatic rings. The molecule has 0 aromatic heterocycles. The van der Waals surface area contributed by atoms with E-state index in [2.05, 4.69) is 30.4 Å². The van der Waals surface area contributed by atoms with Crippen molar-refractivity contribution in [1.29, 1.82) is 0 Å². The molecule has 0 saturated heterocycles. The lowest BCUT2D eigenvalue weighted by molar-refractivity contribution is -0.134. The van der Waals surface area contributed by atoms with Crippen molar-refractivity contribution in [2.45, 2.75) is 96.8 Å². The number of methoxy groups -OCH3 is 1. The van der Waals surface area contributed by atoms with E-state index in [0.29, 0.717) is 6.61 Å². The average molecular weight is 355 g/mol. The van der Waals surface area contributed by atoms with Crippen LogP contribution < -0.4 is 0 Å². The molecule has 0 spiro atoms. The van der Waals surface area contributed by atoms with Gasteiger partial charge in [0.15, 0.2) is 0 Å². The lowest BCUT2D eigenvalue weighted by Gasteiger charge is -1.99. The van der Waals surface area contributed by atoms with Crippen LogP contribution in [0.15, 0.2) is 24.8 Å². The molecule has 1 N–H and O–H groups in total. The van der Waals surface area contributed by atoms with Crippen molar-refractivity contribution in [2.24, 2.45) is 0 Å².